The number of cyclic esters (lactones) is 1. The Morgan fingerprint density at radius 1 is 1.26 bits per heavy atom. The van der Waals surface area contributed by atoms with Crippen LogP contribution < -0.4 is 0 Å². The van der Waals surface area contributed by atoms with Gasteiger partial charge in [-0.25, -0.2) is 0 Å². The number of methoxy groups -OCH3 is 1. The highest BCUT2D eigenvalue weighted by Gasteiger charge is 2.22. The van der Waals surface area contributed by atoms with E-state index in [9.17, 15) is 4.79 Å². The standard InChI is InChI=1S/C12H14O3.C4H10O2.C2H6/c13-12-7-6-11(15-12)9-14-8-10-4-2-1-3-5-10;1-4(2,5)6-3;1-2/h1-5,11H,6-9H2;5H,1-3H3;1-2H3. The predicted octanol–water partition coefficient (Wildman–Crippen LogP) is 3.30. The Morgan fingerprint density at radius 3 is 2.26 bits per heavy atom. The molecule has 5 heteroatoms. The lowest BCUT2D eigenvalue weighted by molar-refractivity contribution is -0.155. The first-order chi connectivity index (χ1) is 10.9. The molecule has 2 rings (SSSR count). The molecule has 1 fully saturated rings. The van der Waals surface area contributed by atoms with Crippen molar-refractivity contribution in [3.05, 3.63) is 35.9 Å². The summed E-state index contributed by atoms with van der Waals surface area (Å²) in [5.74, 6) is -1.07. The molecule has 1 unspecified atom stereocenters. The summed E-state index contributed by atoms with van der Waals surface area (Å²) in [5.41, 5.74) is 1.14. The fourth-order valence-electron chi connectivity index (χ4n) is 1.58. The fraction of sp³-hybridized carbons (Fsp3) is 0.611. The molecule has 1 aromatic rings. The Kier molecular flexibility index (Phi) is 11.3. The van der Waals surface area contributed by atoms with E-state index in [-0.39, 0.29) is 12.1 Å². The van der Waals surface area contributed by atoms with Gasteiger partial charge >= 0.3 is 5.97 Å². The molecule has 0 amide bonds. The van der Waals surface area contributed by atoms with Crippen molar-refractivity contribution in [2.24, 2.45) is 0 Å². The van der Waals surface area contributed by atoms with E-state index < -0.39 is 5.79 Å². The lowest BCUT2D eigenvalue weighted by Crippen LogP contribution is -2.20. The van der Waals surface area contributed by atoms with Crippen LogP contribution in [-0.4, -0.2) is 36.7 Å². The third kappa shape index (κ3) is 11.8. The summed E-state index contributed by atoms with van der Waals surface area (Å²) in [6.45, 7) is 8.23. The first-order valence-electron chi connectivity index (χ1n) is 7.99. The third-order valence-corrected chi connectivity index (χ3v) is 2.88. The van der Waals surface area contributed by atoms with Crippen molar-refractivity contribution in [1.82, 2.24) is 0 Å². The number of esters is 1. The van der Waals surface area contributed by atoms with E-state index in [1.54, 1.807) is 13.8 Å². The maximum absolute atomic E-state index is 10.8. The van der Waals surface area contributed by atoms with E-state index in [2.05, 4.69) is 4.74 Å². The van der Waals surface area contributed by atoms with Gasteiger partial charge in [-0.2, -0.15) is 0 Å². The van der Waals surface area contributed by atoms with Crippen molar-refractivity contribution in [3.8, 4) is 0 Å². The van der Waals surface area contributed by atoms with E-state index >= 15 is 0 Å². The van der Waals surface area contributed by atoms with Crippen molar-refractivity contribution in [3.63, 3.8) is 0 Å². The zero-order valence-electron chi connectivity index (χ0n) is 14.9. The number of ether oxygens (including phenoxy) is 3. The minimum absolute atomic E-state index is 0.0405. The Morgan fingerprint density at radius 2 is 1.83 bits per heavy atom. The molecule has 23 heavy (non-hydrogen) atoms. The zero-order valence-corrected chi connectivity index (χ0v) is 14.9. The molecule has 1 aliphatic rings. The maximum Gasteiger partial charge on any atom is 0.306 e. The molecular weight excluding hydrogens is 296 g/mol. The predicted molar refractivity (Wildman–Crippen MR) is 89.9 cm³/mol. The number of hydrogen-bond donors (Lipinski definition) is 1. The lowest BCUT2D eigenvalue weighted by atomic mass is 10.2. The average Bonchev–Trinajstić information content (AvgIpc) is 2.96. The summed E-state index contributed by atoms with van der Waals surface area (Å²) >= 11 is 0. The van der Waals surface area contributed by atoms with Crippen LogP contribution in [0.3, 0.4) is 0 Å². The Bertz CT molecular complexity index is 411. The van der Waals surface area contributed by atoms with Gasteiger partial charge in [0.25, 0.3) is 0 Å². The SMILES string of the molecule is CC.COC(C)(C)O.O=C1CCC(COCc2ccccc2)O1. The highest BCUT2D eigenvalue weighted by Crippen LogP contribution is 2.14. The van der Waals surface area contributed by atoms with Gasteiger partial charge in [0, 0.05) is 13.5 Å². The van der Waals surface area contributed by atoms with Crippen LogP contribution in [0.2, 0.25) is 0 Å². The molecule has 1 heterocycles. The summed E-state index contributed by atoms with van der Waals surface area (Å²) in [7, 11) is 1.46. The minimum atomic E-state index is -0.958. The molecule has 1 N–H and O–H groups in total. The van der Waals surface area contributed by atoms with Gasteiger partial charge in [-0.05, 0) is 25.8 Å². The number of carbonyl (C=O) groups excluding carboxylic acids is 1. The highest BCUT2D eigenvalue weighted by molar-refractivity contribution is 5.71. The van der Waals surface area contributed by atoms with Crippen molar-refractivity contribution < 1.29 is 24.1 Å². The van der Waals surface area contributed by atoms with Gasteiger partial charge in [0.2, 0.25) is 0 Å². The molecule has 1 aliphatic heterocycles. The largest absolute Gasteiger partial charge is 0.460 e. The second-order valence-electron chi connectivity index (χ2n) is 5.30. The number of aliphatic hydroxyl groups is 1. The average molecular weight is 326 g/mol. The first-order valence-corrected chi connectivity index (χ1v) is 7.99. The number of carbonyl (C=O) groups is 1. The molecule has 0 spiro atoms. The van der Waals surface area contributed by atoms with Gasteiger partial charge in [0.15, 0.2) is 5.79 Å². The molecule has 0 aromatic heterocycles. The van der Waals surface area contributed by atoms with Crippen molar-refractivity contribution in [2.75, 3.05) is 13.7 Å². The topological polar surface area (TPSA) is 65.0 Å². The number of rotatable bonds is 5. The molecule has 0 aliphatic carbocycles. The van der Waals surface area contributed by atoms with Crippen LogP contribution >= 0.6 is 0 Å². The van der Waals surface area contributed by atoms with E-state index in [1.165, 1.54) is 7.11 Å². The molecule has 1 atom stereocenters. The third-order valence-electron chi connectivity index (χ3n) is 2.88. The van der Waals surface area contributed by atoms with Crippen molar-refractivity contribution >= 4 is 5.97 Å². The molecule has 0 saturated carbocycles. The molecule has 5 nitrogen and oxygen atoms in total. The maximum atomic E-state index is 10.8. The number of benzene rings is 1. The monoisotopic (exact) mass is 326 g/mol. The second kappa shape index (κ2) is 12.0. The lowest BCUT2D eigenvalue weighted by Gasteiger charge is -2.12. The van der Waals surface area contributed by atoms with Crippen LogP contribution in [0.15, 0.2) is 30.3 Å². The summed E-state index contributed by atoms with van der Waals surface area (Å²) in [6, 6.07) is 9.96. The highest BCUT2D eigenvalue weighted by atomic mass is 16.6. The Hall–Kier alpha value is -1.43. The van der Waals surface area contributed by atoms with Gasteiger partial charge in [-0.15, -0.1) is 0 Å². The summed E-state index contributed by atoms with van der Waals surface area (Å²) in [4.78, 5) is 10.8. The van der Waals surface area contributed by atoms with Gasteiger partial charge in [0.05, 0.1) is 13.2 Å². The van der Waals surface area contributed by atoms with Crippen LogP contribution in [0, 0.1) is 0 Å². The zero-order chi connectivity index (χ0) is 17.7. The van der Waals surface area contributed by atoms with Crippen LogP contribution in [0.4, 0.5) is 0 Å². The van der Waals surface area contributed by atoms with E-state index in [4.69, 9.17) is 14.6 Å². The fourth-order valence-corrected chi connectivity index (χ4v) is 1.58. The van der Waals surface area contributed by atoms with Crippen LogP contribution in [0.25, 0.3) is 0 Å². The van der Waals surface area contributed by atoms with Gasteiger partial charge in [-0.1, -0.05) is 44.2 Å². The second-order valence-corrected chi connectivity index (χ2v) is 5.30. The smallest absolute Gasteiger partial charge is 0.306 e. The summed E-state index contributed by atoms with van der Waals surface area (Å²) in [6.07, 6.45) is 1.27. The van der Waals surface area contributed by atoms with Crippen LogP contribution in [0.5, 0.6) is 0 Å². The first kappa shape index (κ1) is 21.6. The molecule has 1 saturated heterocycles. The van der Waals surface area contributed by atoms with Crippen molar-refractivity contribution in [1.29, 1.82) is 0 Å². The van der Waals surface area contributed by atoms with E-state index in [1.807, 2.05) is 44.2 Å². The van der Waals surface area contributed by atoms with Gasteiger partial charge in [-0.3, -0.25) is 4.79 Å². The summed E-state index contributed by atoms with van der Waals surface area (Å²) in [5, 5.41) is 8.60. The molecule has 132 valence electrons. The van der Waals surface area contributed by atoms with Crippen LogP contribution in [0.1, 0.15) is 46.1 Å². The van der Waals surface area contributed by atoms with Gasteiger partial charge in [0.1, 0.15) is 6.10 Å². The van der Waals surface area contributed by atoms with E-state index in [0.717, 1.165) is 12.0 Å². The normalized spacial score (nSPS) is 16.6. The summed E-state index contributed by atoms with van der Waals surface area (Å²) < 4.78 is 15.0. The minimum Gasteiger partial charge on any atom is -0.460 e. The molecule has 0 bridgehead atoms. The molecular formula is C18H30O5. The van der Waals surface area contributed by atoms with E-state index in [0.29, 0.717) is 19.6 Å². The quantitative estimate of drug-likeness (QED) is 0.664. The molecule has 0 radical (unpaired) electrons. The Balaban J connectivity index is 0.000000515. The van der Waals surface area contributed by atoms with Gasteiger partial charge < -0.3 is 19.3 Å². The van der Waals surface area contributed by atoms with Crippen LogP contribution in [-0.2, 0) is 25.6 Å². The number of hydrogen-bond acceptors (Lipinski definition) is 5. The van der Waals surface area contributed by atoms with Crippen molar-refractivity contribution in [2.45, 2.75) is 59.0 Å². The Labute approximate surface area is 139 Å². The molecule has 1 aromatic carbocycles.